The Labute approximate surface area is 112 Å². The number of hydrogen-bond donors (Lipinski definition) is 1. The minimum absolute atomic E-state index is 0.102. The molecule has 2 rings (SSSR count). The number of nitriles is 1. The SMILES string of the molecule is CC(C)c1ccc(-c2c(O)cccc2OC#N)cc1. The number of phenolic OH excluding ortho intramolecular Hbond substituents is 1. The Morgan fingerprint density at radius 1 is 1.11 bits per heavy atom. The summed E-state index contributed by atoms with van der Waals surface area (Å²) in [6.45, 7) is 4.25. The summed E-state index contributed by atoms with van der Waals surface area (Å²) in [5.74, 6) is 0.915. The number of nitrogens with zero attached hydrogens (tertiary/aromatic N) is 1. The molecular formula is C16H15NO2. The summed E-state index contributed by atoms with van der Waals surface area (Å²) < 4.78 is 4.90. The van der Waals surface area contributed by atoms with Crippen LogP contribution in [0.25, 0.3) is 11.1 Å². The fourth-order valence-corrected chi connectivity index (χ4v) is 1.98. The molecule has 19 heavy (non-hydrogen) atoms. The van der Waals surface area contributed by atoms with Gasteiger partial charge in [0.1, 0.15) is 5.75 Å². The van der Waals surface area contributed by atoms with E-state index in [4.69, 9.17) is 10.00 Å². The molecule has 0 amide bonds. The van der Waals surface area contributed by atoms with Crippen molar-refractivity contribution >= 4 is 0 Å². The molecule has 0 heterocycles. The average molecular weight is 253 g/mol. The number of hydrogen-bond acceptors (Lipinski definition) is 3. The molecule has 0 aliphatic rings. The van der Waals surface area contributed by atoms with Crippen molar-refractivity contribution in [3.05, 3.63) is 48.0 Å². The van der Waals surface area contributed by atoms with Gasteiger partial charge in [-0.3, -0.25) is 0 Å². The maximum absolute atomic E-state index is 9.96. The molecule has 0 radical (unpaired) electrons. The molecule has 0 aliphatic heterocycles. The molecule has 2 aromatic carbocycles. The van der Waals surface area contributed by atoms with Crippen LogP contribution in [0.5, 0.6) is 11.5 Å². The third-order valence-corrected chi connectivity index (χ3v) is 3.03. The molecular weight excluding hydrogens is 238 g/mol. The molecule has 0 saturated heterocycles. The van der Waals surface area contributed by atoms with Gasteiger partial charge in [0.05, 0.1) is 5.56 Å². The number of ether oxygens (including phenoxy) is 1. The van der Waals surface area contributed by atoms with E-state index in [1.165, 1.54) is 5.56 Å². The molecule has 0 fully saturated rings. The van der Waals surface area contributed by atoms with Crippen molar-refractivity contribution in [2.45, 2.75) is 19.8 Å². The number of rotatable bonds is 3. The molecule has 96 valence electrons. The van der Waals surface area contributed by atoms with Gasteiger partial charge in [-0.2, -0.15) is 0 Å². The van der Waals surface area contributed by atoms with Crippen molar-refractivity contribution in [2.24, 2.45) is 0 Å². The first kappa shape index (κ1) is 13.0. The van der Waals surface area contributed by atoms with E-state index in [1.54, 1.807) is 24.5 Å². The first-order valence-corrected chi connectivity index (χ1v) is 6.11. The first-order valence-electron chi connectivity index (χ1n) is 6.11. The average Bonchev–Trinajstić information content (AvgIpc) is 2.39. The van der Waals surface area contributed by atoms with Crippen molar-refractivity contribution in [2.75, 3.05) is 0 Å². The van der Waals surface area contributed by atoms with Gasteiger partial charge in [-0.1, -0.05) is 44.2 Å². The molecule has 0 bridgehead atoms. The van der Waals surface area contributed by atoms with Crippen LogP contribution in [0, 0.1) is 11.5 Å². The molecule has 3 heteroatoms. The van der Waals surface area contributed by atoms with E-state index >= 15 is 0 Å². The van der Waals surface area contributed by atoms with Crippen LogP contribution in [-0.4, -0.2) is 5.11 Å². The zero-order chi connectivity index (χ0) is 13.8. The Hall–Kier alpha value is -2.47. The first-order chi connectivity index (χ1) is 9.13. The van der Waals surface area contributed by atoms with Crippen LogP contribution in [0.4, 0.5) is 0 Å². The zero-order valence-electron chi connectivity index (χ0n) is 10.9. The van der Waals surface area contributed by atoms with Gasteiger partial charge < -0.3 is 9.84 Å². The maximum atomic E-state index is 9.96. The van der Waals surface area contributed by atoms with Gasteiger partial charge in [0, 0.05) is 0 Å². The summed E-state index contributed by atoms with van der Waals surface area (Å²) in [5, 5.41) is 18.6. The van der Waals surface area contributed by atoms with Crippen molar-refractivity contribution in [1.82, 2.24) is 0 Å². The second kappa shape index (κ2) is 5.45. The Kier molecular flexibility index (Phi) is 3.72. The Balaban J connectivity index is 2.49. The van der Waals surface area contributed by atoms with Crippen LogP contribution in [0.3, 0.4) is 0 Å². The minimum atomic E-state index is 0.102. The second-order valence-corrected chi connectivity index (χ2v) is 4.62. The number of aromatic hydroxyl groups is 1. The van der Waals surface area contributed by atoms with Crippen molar-refractivity contribution in [3.8, 4) is 28.9 Å². The predicted octanol–water partition coefficient (Wildman–Crippen LogP) is 4.04. The van der Waals surface area contributed by atoms with E-state index < -0.39 is 0 Å². The minimum Gasteiger partial charge on any atom is -0.507 e. The van der Waals surface area contributed by atoms with E-state index in [9.17, 15) is 5.11 Å². The highest BCUT2D eigenvalue weighted by atomic mass is 16.5. The molecule has 0 atom stereocenters. The fourth-order valence-electron chi connectivity index (χ4n) is 1.98. The fraction of sp³-hybridized carbons (Fsp3) is 0.188. The van der Waals surface area contributed by atoms with Gasteiger partial charge in [0.15, 0.2) is 5.75 Å². The van der Waals surface area contributed by atoms with Crippen LogP contribution in [0.2, 0.25) is 0 Å². The van der Waals surface area contributed by atoms with Gasteiger partial charge in [-0.05, 0) is 29.2 Å². The Morgan fingerprint density at radius 3 is 2.37 bits per heavy atom. The summed E-state index contributed by atoms with van der Waals surface area (Å²) in [4.78, 5) is 0. The lowest BCUT2D eigenvalue weighted by atomic mass is 9.98. The smallest absolute Gasteiger partial charge is 0.292 e. The van der Waals surface area contributed by atoms with Gasteiger partial charge >= 0.3 is 0 Å². The summed E-state index contributed by atoms with van der Waals surface area (Å²) in [7, 11) is 0. The lowest BCUT2D eigenvalue weighted by molar-refractivity contribution is 0.466. The number of phenols is 1. The lowest BCUT2D eigenvalue weighted by Crippen LogP contribution is -1.90. The number of benzene rings is 2. The van der Waals surface area contributed by atoms with E-state index in [-0.39, 0.29) is 5.75 Å². The van der Waals surface area contributed by atoms with Gasteiger partial charge in [0.2, 0.25) is 0 Å². The topological polar surface area (TPSA) is 53.2 Å². The van der Waals surface area contributed by atoms with Gasteiger partial charge in [0.25, 0.3) is 6.26 Å². The van der Waals surface area contributed by atoms with Crippen molar-refractivity contribution in [3.63, 3.8) is 0 Å². The summed E-state index contributed by atoms with van der Waals surface area (Å²) in [6.07, 6.45) is 1.64. The Bertz CT molecular complexity index is 610. The van der Waals surface area contributed by atoms with E-state index in [1.807, 2.05) is 24.3 Å². The van der Waals surface area contributed by atoms with E-state index in [2.05, 4.69) is 13.8 Å². The summed E-state index contributed by atoms with van der Waals surface area (Å²) in [6, 6.07) is 12.8. The predicted molar refractivity (Wildman–Crippen MR) is 73.9 cm³/mol. The Morgan fingerprint density at radius 2 is 1.79 bits per heavy atom. The lowest BCUT2D eigenvalue weighted by Gasteiger charge is -2.10. The van der Waals surface area contributed by atoms with Crippen LogP contribution in [-0.2, 0) is 0 Å². The summed E-state index contributed by atoms with van der Waals surface area (Å²) in [5.41, 5.74) is 2.59. The quantitative estimate of drug-likeness (QED) is 0.840. The monoisotopic (exact) mass is 253 g/mol. The molecule has 3 nitrogen and oxygen atoms in total. The zero-order valence-corrected chi connectivity index (χ0v) is 10.9. The highest BCUT2D eigenvalue weighted by Gasteiger charge is 2.12. The molecule has 0 aromatic heterocycles. The largest absolute Gasteiger partial charge is 0.507 e. The van der Waals surface area contributed by atoms with Crippen LogP contribution >= 0.6 is 0 Å². The maximum Gasteiger partial charge on any atom is 0.292 e. The van der Waals surface area contributed by atoms with Crippen LogP contribution in [0.15, 0.2) is 42.5 Å². The molecule has 2 aromatic rings. The van der Waals surface area contributed by atoms with Crippen LogP contribution in [0.1, 0.15) is 25.3 Å². The standard InChI is InChI=1S/C16H15NO2/c1-11(2)12-6-8-13(9-7-12)16-14(18)4-3-5-15(16)19-10-17/h3-9,11,18H,1-2H3. The second-order valence-electron chi connectivity index (χ2n) is 4.62. The van der Waals surface area contributed by atoms with Gasteiger partial charge in [-0.25, -0.2) is 0 Å². The normalized spacial score (nSPS) is 10.2. The van der Waals surface area contributed by atoms with Crippen molar-refractivity contribution in [1.29, 1.82) is 5.26 Å². The molecule has 0 saturated carbocycles. The highest BCUT2D eigenvalue weighted by molar-refractivity contribution is 5.76. The van der Waals surface area contributed by atoms with Crippen LogP contribution < -0.4 is 4.74 Å². The highest BCUT2D eigenvalue weighted by Crippen LogP contribution is 2.37. The molecule has 0 spiro atoms. The molecule has 0 aliphatic carbocycles. The van der Waals surface area contributed by atoms with Gasteiger partial charge in [-0.15, -0.1) is 5.26 Å². The third-order valence-electron chi connectivity index (χ3n) is 3.03. The summed E-state index contributed by atoms with van der Waals surface area (Å²) >= 11 is 0. The van der Waals surface area contributed by atoms with E-state index in [0.717, 1.165) is 5.56 Å². The third kappa shape index (κ3) is 2.69. The molecule has 0 unspecified atom stereocenters. The van der Waals surface area contributed by atoms with Crippen molar-refractivity contribution < 1.29 is 9.84 Å². The van der Waals surface area contributed by atoms with E-state index in [0.29, 0.717) is 17.2 Å². The molecule has 1 N–H and O–H groups in total.